The molecule has 0 aliphatic rings. The summed E-state index contributed by atoms with van der Waals surface area (Å²) in [6, 6.07) is 23.4. The average molecular weight is 535 g/mol. The minimum atomic E-state index is -1.25. The molecule has 0 spiro atoms. The molecule has 1 heterocycles. The molecule has 4 rings (SSSR count). The molecule has 0 fully saturated rings. The predicted molar refractivity (Wildman–Crippen MR) is 132 cm³/mol. The van der Waals surface area contributed by atoms with E-state index < -0.39 is 5.97 Å². The number of thioether (sulfide) groups is 1. The zero-order valence-electron chi connectivity index (χ0n) is 17.6. The Bertz CT molecular complexity index is 1320. The van der Waals surface area contributed by atoms with Gasteiger partial charge in [0, 0.05) is 15.7 Å². The molecule has 8 nitrogen and oxygen atoms in total. The van der Waals surface area contributed by atoms with E-state index in [1.54, 1.807) is 12.1 Å². The van der Waals surface area contributed by atoms with Gasteiger partial charge in [-0.1, -0.05) is 82.3 Å². The minimum absolute atomic E-state index is 0.0719. The van der Waals surface area contributed by atoms with Crippen LogP contribution in [0.1, 0.15) is 15.9 Å². The van der Waals surface area contributed by atoms with Gasteiger partial charge in [-0.2, -0.15) is 5.10 Å². The van der Waals surface area contributed by atoms with Gasteiger partial charge in [0.1, 0.15) is 0 Å². The molecular weight excluding hydrogens is 518 g/mol. The maximum absolute atomic E-state index is 12.3. The Labute approximate surface area is 207 Å². The average Bonchev–Trinajstić information content (AvgIpc) is 3.28. The monoisotopic (exact) mass is 534 g/mol. The normalized spacial score (nSPS) is 11.0. The quantitative estimate of drug-likeness (QED) is 0.211. The molecule has 0 atom stereocenters. The first kappa shape index (κ1) is 23.4. The van der Waals surface area contributed by atoms with Crippen LogP contribution in [0.2, 0.25) is 0 Å². The van der Waals surface area contributed by atoms with Gasteiger partial charge in [0.25, 0.3) is 5.91 Å². The van der Waals surface area contributed by atoms with E-state index in [9.17, 15) is 14.7 Å². The third kappa shape index (κ3) is 5.77. The van der Waals surface area contributed by atoms with Gasteiger partial charge in [-0.15, -0.1) is 10.2 Å². The number of carboxylic acid groups (broad SMARTS) is 1. The molecule has 1 aromatic heterocycles. The molecule has 0 saturated carbocycles. The van der Waals surface area contributed by atoms with E-state index in [0.717, 1.165) is 15.7 Å². The highest BCUT2D eigenvalue weighted by Gasteiger charge is 2.17. The highest BCUT2D eigenvalue weighted by Crippen LogP contribution is 2.28. The largest absolute Gasteiger partial charge is 0.545 e. The molecule has 0 bridgehead atoms. The molecule has 34 heavy (non-hydrogen) atoms. The molecule has 3 aromatic carbocycles. The Kier molecular flexibility index (Phi) is 7.51. The Hall–Kier alpha value is -3.76. The Morgan fingerprint density at radius 3 is 2.38 bits per heavy atom. The van der Waals surface area contributed by atoms with Gasteiger partial charge in [-0.25, -0.2) is 5.43 Å². The summed E-state index contributed by atoms with van der Waals surface area (Å²) in [7, 11) is 0. The van der Waals surface area contributed by atoms with Crippen molar-refractivity contribution in [3.63, 3.8) is 0 Å². The van der Waals surface area contributed by atoms with Gasteiger partial charge in [0.15, 0.2) is 11.0 Å². The van der Waals surface area contributed by atoms with Crippen LogP contribution in [0.3, 0.4) is 0 Å². The van der Waals surface area contributed by atoms with Crippen LogP contribution < -0.4 is 10.5 Å². The summed E-state index contributed by atoms with van der Waals surface area (Å²) in [5.74, 6) is -0.827. The van der Waals surface area contributed by atoms with E-state index in [-0.39, 0.29) is 17.2 Å². The number of aromatic nitrogens is 3. The topological polar surface area (TPSA) is 112 Å². The molecule has 1 N–H and O–H groups in total. The van der Waals surface area contributed by atoms with Crippen LogP contribution >= 0.6 is 27.7 Å². The lowest BCUT2D eigenvalue weighted by Crippen LogP contribution is -2.22. The van der Waals surface area contributed by atoms with Crippen LogP contribution in [-0.4, -0.2) is 38.6 Å². The van der Waals surface area contributed by atoms with Crippen molar-refractivity contribution in [2.75, 3.05) is 5.75 Å². The van der Waals surface area contributed by atoms with E-state index in [2.05, 4.69) is 36.7 Å². The first-order valence-corrected chi connectivity index (χ1v) is 11.8. The second-order valence-electron chi connectivity index (χ2n) is 6.98. The lowest BCUT2D eigenvalue weighted by atomic mass is 10.1. The SMILES string of the molecule is O=C(CSc1nnc(-c2ccc(Br)cc2)n1-c1ccccc1)N/N=C\c1ccc(C(=O)[O-])cc1. The van der Waals surface area contributed by atoms with E-state index >= 15 is 0 Å². The number of nitrogens with one attached hydrogen (secondary N) is 1. The number of carboxylic acids is 1. The summed E-state index contributed by atoms with van der Waals surface area (Å²) in [6.07, 6.45) is 1.43. The van der Waals surface area contributed by atoms with Crippen molar-refractivity contribution >= 4 is 45.8 Å². The second-order valence-corrected chi connectivity index (χ2v) is 8.83. The van der Waals surface area contributed by atoms with Crippen molar-refractivity contribution in [3.05, 3.63) is 94.5 Å². The van der Waals surface area contributed by atoms with Crippen molar-refractivity contribution in [3.8, 4) is 17.1 Å². The second kappa shape index (κ2) is 10.9. The van der Waals surface area contributed by atoms with Gasteiger partial charge in [-0.3, -0.25) is 9.36 Å². The summed E-state index contributed by atoms with van der Waals surface area (Å²) in [6.45, 7) is 0. The Morgan fingerprint density at radius 1 is 1.00 bits per heavy atom. The number of hydrogen-bond acceptors (Lipinski definition) is 7. The number of hydrogen-bond donors (Lipinski definition) is 1. The molecule has 170 valence electrons. The fourth-order valence-corrected chi connectivity index (χ4v) is 4.01. The molecule has 4 aromatic rings. The minimum Gasteiger partial charge on any atom is -0.545 e. The maximum atomic E-state index is 12.3. The van der Waals surface area contributed by atoms with Crippen LogP contribution in [0.15, 0.2) is 93.6 Å². The molecule has 0 aliphatic heterocycles. The van der Waals surface area contributed by atoms with Crippen molar-refractivity contribution in [2.45, 2.75) is 5.16 Å². The van der Waals surface area contributed by atoms with Crippen LogP contribution in [-0.2, 0) is 4.79 Å². The van der Waals surface area contributed by atoms with E-state index in [1.165, 1.54) is 30.1 Å². The molecule has 0 radical (unpaired) electrons. The van der Waals surface area contributed by atoms with Crippen molar-refractivity contribution in [2.24, 2.45) is 5.10 Å². The van der Waals surface area contributed by atoms with Crippen molar-refractivity contribution in [1.82, 2.24) is 20.2 Å². The van der Waals surface area contributed by atoms with Gasteiger partial charge in [-0.05, 0) is 35.4 Å². The summed E-state index contributed by atoms with van der Waals surface area (Å²) in [5, 5.41) is 24.0. The van der Waals surface area contributed by atoms with Gasteiger partial charge in [0.2, 0.25) is 0 Å². The third-order valence-corrected chi connectivity index (χ3v) is 6.09. The van der Waals surface area contributed by atoms with Crippen molar-refractivity contribution in [1.29, 1.82) is 0 Å². The number of carbonyl (C=O) groups excluding carboxylic acids is 2. The number of hydrazone groups is 1. The maximum Gasteiger partial charge on any atom is 0.250 e. The first-order valence-electron chi connectivity index (χ1n) is 10.0. The van der Waals surface area contributed by atoms with E-state index in [4.69, 9.17) is 0 Å². The number of carbonyl (C=O) groups is 2. The molecule has 0 aliphatic carbocycles. The van der Waals surface area contributed by atoms with Gasteiger partial charge < -0.3 is 9.90 Å². The predicted octanol–water partition coefficient (Wildman–Crippen LogP) is 3.30. The van der Waals surface area contributed by atoms with Gasteiger partial charge >= 0.3 is 0 Å². The first-order chi connectivity index (χ1) is 16.5. The van der Waals surface area contributed by atoms with E-state index in [1.807, 2.05) is 59.2 Å². The number of nitrogens with zero attached hydrogens (tertiary/aromatic N) is 4. The fraction of sp³-hybridized carbons (Fsp3) is 0.0417. The highest BCUT2D eigenvalue weighted by atomic mass is 79.9. The third-order valence-electron chi connectivity index (χ3n) is 4.63. The smallest absolute Gasteiger partial charge is 0.250 e. The van der Waals surface area contributed by atoms with Crippen molar-refractivity contribution < 1.29 is 14.7 Å². The van der Waals surface area contributed by atoms with Crippen LogP contribution in [0, 0.1) is 0 Å². The highest BCUT2D eigenvalue weighted by molar-refractivity contribution is 9.10. The number of benzene rings is 3. The Balaban J connectivity index is 1.45. The van der Waals surface area contributed by atoms with E-state index in [0.29, 0.717) is 16.5 Å². The molecule has 0 unspecified atom stereocenters. The number of aromatic carboxylic acids is 1. The number of rotatable bonds is 8. The van der Waals surface area contributed by atoms with Gasteiger partial charge in [0.05, 0.1) is 17.9 Å². The summed E-state index contributed by atoms with van der Waals surface area (Å²) < 4.78 is 2.87. The molecule has 0 saturated heterocycles. The number of para-hydroxylation sites is 1. The lowest BCUT2D eigenvalue weighted by Gasteiger charge is -2.10. The summed E-state index contributed by atoms with van der Waals surface area (Å²) >= 11 is 4.68. The number of halogens is 1. The van der Waals surface area contributed by atoms with Crippen LogP contribution in [0.4, 0.5) is 0 Å². The van der Waals surface area contributed by atoms with Crippen LogP contribution in [0.25, 0.3) is 17.1 Å². The van der Waals surface area contributed by atoms with Crippen LogP contribution in [0.5, 0.6) is 0 Å². The summed E-state index contributed by atoms with van der Waals surface area (Å²) in [5.41, 5.74) is 4.95. The molecule has 1 amide bonds. The fourth-order valence-electron chi connectivity index (χ4n) is 3.01. The Morgan fingerprint density at radius 2 is 1.71 bits per heavy atom. The molecular formula is C24H17BrN5O3S-. The zero-order valence-corrected chi connectivity index (χ0v) is 20.0. The molecule has 10 heteroatoms. The zero-order chi connectivity index (χ0) is 23.9. The standard InChI is InChI=1S/C24H18BrN5O3S/c25-19-12-10-17(11-13-19)22-28-29-24(30(22)20-4-2-1-3-5-20)34-15-21(31)27-26-14-16-6-8-18(9-7-16)23(32)33/h1-14H,15H2,(H,27,31)(H,32,33)/p-1/b26-14-. The number of amides is 1. The summed E-state index contributed by atoms with van der Waals surface area (Å²) in [4.78, 5) is 23.1. The lowest BCUT2D eigenvalue weighted by molar-refractivity contribution is -0.255.